The van der Waals surface area contributed by atoms with Gasteiger partial charge in [0.1, 0.15) is 11.6 Å². The first kappa shape index (κ1) is 37.3. The number of aromatic nitrogens is 3. The minimum Gasteiger partial charge on any atom is -0.444 e. The molecule has 12 nitrogen and oxygen atoms in total. The molecule has 1 aliphatic heterocycles. The standard InChI is InChI=1S/C36H48BClN6O6/c1-34(2,3)48-33(47)40-21-22-11-13-25(14-12-22)31(46)44(27-17-15-24(16-18-27)30-41-32(38)43-42-30)28(29(39)45)20-23-9-8-10-26(19-23)37-49-35(4,5)36(6,7)50-37/h8-10,15-19,22,25,28H,11-14,20-21H2,1-7H3,(H2,39,45)(H,40,47)(H,41,42,43)/t22-,25-,28-/m0/s1. The van der Waals surface area contributed by atoms with E-state index in [0.29, 0.717) is 36.5 Å². The van der Waals surface area contributed by atoms with Gasteiger partial charge in [-0.15, -0.1) is 10.2 Å². The average Bonchev–Trinajstić information content (AvgIpc) is 3.57. The summed E-state index contributed by atoms with van der Waals surface area (Å²) < 4.78 is 17.9. The molecule has 0 unspecified atom stereocenters. The average molecular weight is 707 g/mol. The lowest BCUT2D eigenvalue weighted by atomic mass is 9.78. The van der Waals surface area contributed by atoms with Crippen LogP contribution in [0.4, 0.5) is 10.5 Å². The summed E-state index contributed by atoms with van der Waals surface area (Å²) in [5, 5.41) is 10.9. The quantitative estimate of drug-likeness (QED) is 0.243. The van der Waals surface area contributed by atoms with Crippen LogP contribution in [0, 0.1) is 11.8 Å². The lowest BCUT2D eigenvalue weighted by molar-refractivity contribution is -0.127. The van der Waals surface area contributed by atoms with Crippen LogP contribution in [0.25, 0.3) is 11.4 Å². The lowest BCUT2D eigenvalue weighted by Gasteiger charge is -2.36. The number of aromatic amines is 1. The van der Waals surface area contributed by atoms with E-state index in [4.69, 9.17) is 31.4 Å². The van der Waals surface area contributed by atoms with Crippen molar-refractivity contribution in [3.8, 4) is 11.4 Å². The molecule has 0 bridgehead atoms. The van der Waals surface area contributed by atoms with E-state index in [2.05, 4.69) is 20.5 Å². The fraction of sp³-hybridized carbons (Fsp3) is 0.528. The molecular formula is C36H48BClN6O6. The fourth-order valence-electron chi connectivity index (χ4n) is 6.35. The molecule has 2 aliphatic rings. The summed E-state index contributed by atoms with van der Waals surface area (Å²) in [6, 6.07) is 13.8. The smallest absolute Gasteiger partial charge is 0.444 e. The Labute approximate surface area is 299 Å². The van der Waals surface area contributed by atoms with Crippen molar-refractivity contribution in [1.29, 1.82) is 0 Å². The summed E-state index contributed by atoms with van der Waals surface area (Å²) >= 11 is 5.95. The Morgan fingerprint density at radius 2 is 1.68 bits per heavy atom. The predicted molar refractivity (Wildman–Crippen MR) is 193 cm³/mol. The van der Waals surface area contributed by atoms with Gasteiger partial charge in [0, 0.05) is 30.1 Å². The number of anilines is 1. The monoisotopic (exact) mass is 706 g/mol. The van der Waals surface area contributed by atoms with Gasteiger partial charge >= 0.3 is 13.2 Å². The normalized spacial score (nSPS) is 20.6. The van der Waals surface area contributed by atoms with Gasteiger partial charge in [-0.1, -0.05) is 24.3 Å². The number of carbonyl (C=O) groups excluding carboxylic acids is 3. The van der Waals surface area contributed by atoms with E-state index in [-0.39, 0.29) is 29.4 Å². The molecule has 1 aliphatic carbocycles. The number of nitrogens with two attached hydrogens (primary N) is 1. The van der Waals surface area contributed by atoms with Crippen molar-refractivity contribution in [1.82, 2.24) is 20.5 Å². The van der Waals surface area contributed by atoms with E-state index in [9.17, 15) is 14.4 Å². The van der Waals surface area contributed by atoms with E-state index in [1.54, 1.807) is 29.2 Å². The summed E-state index contributed by atoms with van der Waals surface area (Å²) in [6.45, 7) is 13.9. The number of halogens is 1. The number of hydrogen-bond donors (Lipinski definition) is 3. The number of H-pyrrole nitrogens is 1. The summed E-state index contributed by atoms with van der Waals surface area (Å²) in [6.07, 6.45) is 2.42. The van der Waals surface area contributed by atoms with E-state index >= 15 is 0 Å². The molecule has 1 aromatic heterocycles. The van der Waals surface area contributed by atoms with Crippen molar-refractivity contribution in [2.75, 3.05) is 11.4 Å². The zero-order valence-electron chi connectivity index (χ0n) is 29.9. The van der Waals surface area contributed by atoms with Gasteiger partial charge < -0.3 is 30.1 Å². The molecule has 268 valence electrons. The molecule has 3 amide bonds. The van der Waals surface area contributed by atoms with Gasteiger partial charge in [0.15, 0.2) is 5.82 Å². The maximum Gasteiger partial charge on any atom is 0.494 e. The Morgan fingerprint density at radius 1 is 1.04 bits per heavy atom. The van der Waals surface area contributed by atoms with Crippen LogP contribution in [0.15, 0.2) is 48.5 Å². The van der Waals surface area contributed by atoms with Crippen LogP contribution in [-0.4, -0.2) is 69.6 Å². The van der Waals surface area contributed by atoms with Gasteiger partial charge in [-0.25, -0.2) is 4.79 Å². The van der Waals surface area contributed by atoms with Crippen molar-refractivity contribution < 1.29 is 28.4 Å². The number of ether oxygens (including phenoxy) is 1. The SMILES string of the molecule is CC(C)(C)OC(=O)NC[C@H]1CC[C@H](C(=O)N(c2ccc(-c3nnc(Cl)[nH]3)cc2)[C@@H](Cc2cccc(B3OC(C)(C)C(C)(C)O3)c2)C(N)=O)CC1. The van der Waals surface area contributed by atoms with Gasteiger partial charge in [0.25, 0.3) is 0 Å². The Bertz CT molecular complexity index is 1670. The summed E-state index contributed by atoms with van der Waals surface area (Å²) in [5.74, 6) is -0.453. The third-order valence-electron chi connectivity index (χ3n) is 9.79. The maximum absolute atomic E-state index is 14.5. The third kappa shape index (κ3) is 8.86. The number of nitrogens with zero attached hydrogens (tertiary/aromatic N) is 3. The van der Waals surface area contributed by atoms with Crippen LogP contribution < -0.4 is 21.4 Å². The molecule has 14 heteroatoms. The van der Waals surface area contributed by atoms with E-state index in [0.717, 1.165) is 23.9 Å². The van der Waals surface area contributed by atoms with Crippen molar-refractivity contribution in [3.63, 3.8) is 0 Å². The van der Waals surface area contributed by atoms with Crippen LogP contribution in [0.3, 0.4) is 0 Å². The first-order valence-corrected chi connectivity index (χ1v) is 17.5. The zero-order chi connectivity index (χ0) is 36.4. The zero-order valence-corrected chi connectivity index (χ0v) is 30.7. The molecule has 2 aromatic carbocycles. The number of primary amides is 1. The lowest BCUT2D eigenvalue weighted by Crippen LogP contribution is -2.52. The Hall–Kier alpha value is -3.94. The number of benzene rings is 2. The summed E-state index contributed by atoms with van der Waals surface area (Å²) in [5.41, 5.74) is 7.37. The molecule has 1 atom stereocenters. The molecule has 4 N–H and O–H groups in total. The molecule has 0 spiro atoms. The Morgan fingerprint density at radius 3 is 2.24 bits per heavy atom. The number of rotatable bonds is 10. The second-order valence-electron chi connectivity index (χ2n) is 15.3. The topological polar surface area (TPSA) is 162 Å². The molecule has 3 aromatic rings. The van der Waals surface area contributed by atoms with Gasteiger partial charge in [0.2, 0.25) is 17.1 Å². The molecule has 1 saturated carbocycles. The minimum atomic E-state index is -0.979. The second kappa shape index (κ2) is 14.7. The van der Waals surface area contributed by atoms with Gasteiger partial charge in [0.05, 0.1) is 11.2 Å². The Kier molecular flexibility index (Phi) is 11.0. The van der Waals surface area contributed by atoms with E-state index in [1.807, 2.05) is 72.7 Å². The highest BCUT2D eigenvalue weighted by atomic mass is 35.5. The largest absolute Gasteiger partial charge is 0.494 e. The molecule has 2 fully saturated rings. The summed E-state index contributed by atoms with van der Waals surface area (Å²) in [7, 11) is -0.582. The summed E-state index contributed by atoms with van der Waals surface area (Å²) in [4.78, 5) is 44.4. The van der Waals surface area contributed by atoms with Crippen molar-refractivity contribution in [3.05, 3.63) is 59.4 Å². The van der Waals surface area contributed by atoms with Crippen molar-refractivity contribution >= 4 is 47.8 Å². The first-order chi connectivity index (χ1) is 23.4. The number of hydrogen-bond acceptors (Lipinski definition) is 8. The number of carbonyl (C=O) groups is 3. The van der Waals surface area contributed by atoms with Crippen LogP contribution >= 0.6 is 11.6 Å². The maximum atomic E-state index is 14.5. The van der Waals surface area contributed by atoms with Crippen molar-refractivity contribution in [2.45, 2.75) is 103 Å². The molecule has 0 radical (unpaired) electrons. The van der Waals surface area contributed by atoms with Crippen LogP contribution in [0.1, 0.15) is 79.7 Å². The van der Waals surface area contributed by atoms with Gasteiger partial charge in [-0.05, 0) is 127 Å². The van der Waals surface area contributed by atoms with Gasteiger partial charge in [-0.3, -0.25) is 14.5 Å². The Balaban J connectivity index is 1.37. The van der Waals surface area contributed by atoms with Crippen LogP contribution in [0.2, 0.25) is 5.28 Å². The predicted octanol–water partition coefficient (Wildman–Crippen LogP) is 5.19. The highest BCUT2D eigenvalue weighted by molar-refractivity contribution is 6.62. The number of alkyl carbamates (subject to hydrolysis) is 1. The van der Waals surface area contributed by atoms with Crippen LogP contribution in [0.5, 0.6) is 0 Å². The molecule has 50 heavy (non-hydrogen) atoms. The molecule has 2 heterocycles. The van der Waals surface area contributed by atoms with Crippen LogP contribution in [-0.2, 0) is 30.1 Å². The number of amides is 3. The molecule has 5 rings (SSSR count). The first-order valence-electron chi connectivity index (χ1n) is 17.1. The van der Waals surface area contributed by atoms with Gasteiger partial charge in [-0.2, -0.15) is 0 Å². The highest BCUT2D eigenvalue weighted by Gasteiger charge is 2.51. The third-order valence-corrected chi connectivity index (χ3v) is 9.96. The fourth-order valence-corrected chi connectivity index (χ4v) is 6.48. The molecular weight excluding hydrogens is 659 g/mol. The molecule has 1 saturated heterocycles. The number of nitrogens with one attached hydrogen (secondary N) is 2. The van der Waals surface area contributed by atoms with E-state index in [1.165, 1.54) is 0 Å². The minimum absolute atomic E-state index is 0.161. The van der Waals surface area contributed by atoms with E-state index < -0.39 is 42.0 Å². The highest BCUT2D eigenvalue weighted by Crippen LogP contribution is 2.37. The van der Waals surface area contributed by atoms with Crippen molar-refractivity contribution in [2.24, 2.45) is 17.6 Å². The second-order valence-corrected chi connectivity index (χ2v) is 15.6.